The van der Waals surface area contributed by atoms with Crippen LogP contribution < -0.4 is 4.90 Å². The first-order valence-electron chi connectivity index (χ1n) is 6.35. The molecule has 0 aliphatic carbocycles. The van der Waals surface area contributed by atoms with Crippen molar-refractivity contribution in [2.24, 2.45) is 5.41 Å². The molecule has 2 heterocycles. The molecule has 1 saturated heterocycles. The predicted molar refractivity (Wildman–Crippen MR) is 68.6 cm³/mol. The van der Waals surface area contributed by atoms with Gasteiger partial charge in [0.25, 0.3) is 0 Å². The molecule has 98 valence electrons. The number of rotatable bonds is 3. The van der Waals surface area contributed by atoms with E-state index in [2.05, 4.69) is 14.9 Å². The molecule has 0 saturated carbocycles. The van der Waals surface area contributed by atoms with Gasteiger partial charge in [-0.15, -0.1) is 0 Å². The van der Waals surface area contributed by atoms with Crippen LogP contribution in [-0.2, 0) is 11.2 Å². The Morgan fingerprint density at radius 1 is 1.50 bits per heavy atom. The first kappa shape index (κ1) is 12.8. The highest BCUT2D eigenvalue weighted by atomic mass is 16.4. The van der Waals surface area contributed by atoms with Crippen molar-refractivity contribution >= 4 is 11.8 Å². The Hall–Kier alpha value is -1.65. The summed E-state index contributed by atoms with van der Waals surface area (Å²) in [6.07, 6.45) is 3.91. The normalized spacial score (nSPS) is 18.7. The summed E-state index contributed by atoms with van der Waals surface area (Å²) < 4.78 is 0. The Bertz CT molecular complexity index is 440. The summed E-state index contributed by atoms with van der Waals surface area (Å²) in [5.74, 6) is 1.05. The van der Waals surface area contributed by atoms with Gasteiger partial charge in [-0.05, 0) is 25.8 Å². The third-order valence-electron chi connectivity index (χ3n) is 3.71. The molecular formula is C13H19N3O2. The second kappa shape index (κ2) is 4.92. The highest BCUT2D eigenvalue weighted by molar-refractivity contribution is 5.74. The van der Waals surface area contributed by atoms with Crippen LogP contribution in [0.2, 0.25) is 0 Å². The SMILES string of the molecule is CCc1nccc(N2CCC(C)(C(=O)O)CC2)n1. The number of hydrogen-bond donors (Lipinski definition) is 1. The van der Waals surface area contributed by atoms with Crippen molar-refractivity contribution in [1.29, 1.82) is 0 Å². The Kier molecular flexibility index (Phi) is 3.50. The number of carboxylic acids is 1. The Morgan fingerprint density at radius 3 is 2.72 bits per heavy atom. The van der Waals surface area contributed by atoms with Crippen LogP contribution in [0.4, 0.5) is 5.82 Å². The van der Waals surface area contributed by atoms with Crippen molar-refractivity contribution in [3.8, 4) is 0 Å². The van der Waals surface area contributed by atoms with Crippen molar-refractivity contribution in [3.63, 3.8) is 0 Å². The van der Waals surface area contributed by atoms with Gasteiger partial charge in [0.15, 0.2) is 0 Å². The average Bonchev–Trinajstić information content (AvgIpc) is 2.39. The molecule has 0 aromatic carbocycles. The van der Waals surface area contributed by atoms with E-state index in [1.54, 1.807) is 6.20 Å². The molecule has 0 bridgehead atoms. The third kappa shape index (κ3) is 2.44. The number of nitrogens with zero attached hydrogens (tertiary/aromatic N) is 3. The van der Waals surface area contributed by atoms with E-state index in [-0.39, 0.29) is 0 Å². The lowest BCUT2D eigenvalue weighted by Gasteiger charge is -2.37. The highest BCUT2D eigenvalue weighted by Gasteiger charge is 2.37. The number of aryl methyl sites for hydroxylation is 1. The minimum atomic E-state index is -0.695. The van der Waals surface area contributed by atoms with Gasteiger partial charge in [-0.2, -0.15) is 0 Å². The molecule has 0 atom stereocenters. The quantitative estimate of drug-likeness (QED) is 0.883. The molecule has 5 heteroatoms. The lowest BCUT2D eigenvalue weighted by Crippen LogP contribution is -2.43. The maximum atomic E-state index is 11.2. The fourth-order valence-electron chi connectivity index (χ4n) is 2.18. The van der Waals surface area contributed by atoms with Gasteiger partial charge in [-0.1, -0.05) is 6.92 Å². The minimum Gasteiger partial charge on any atom is -0.481 e. The number of carboxylic acid groups (broad SMARTS) is 1. The molecule has 0 amide bonds. The molecule has 1 fully saturated rings. The standard InChI is InChI=1S/C13H19N3O2/c1-3-10-14-7-4-11(15-10)16-8-5-13(2,6-9-16)12(17)18/h4,7H,3,5-6,8-9H2,1-2H3,(H,17,18). The Morgan fingerprint density at radius 2 is 2.17 bits per heavy atom. The summed E-state index contributed by atoms with van der Waals surface area (Å²) in [5, 5.41) is 9.19. The summed E-state index contributed by atoms with van der Waals surface area (Å²) in [5.41, 5.74) is -0.586. The van der Waals surface area contributed by atoms with Crippen LogP contribution in [0.3, 0.4) is 0 Å². The van der Waals surface area contributed by atoms with Gasteiger partial charge in [0.05, 0.1) is 5.41 Å². The summed E-state index contributed by atoms with van der Waals surface area (Å²) >= 11 is 0. The molecule has 0 radical (unpaired) electrons. The monoisotopic (exact) mass is 249 g/mol. The molecule has 5 nitrogen and oxygen atoms in total. The van der Waals surface area contributed by atoms with E-state index in [1.165, 1.54) is 0 Å². The van der Waals surface area contributed by atoms with Crippen molar-refractivity contribution in [3.05, 3.63) is 18.1 Å². The molecule has 1 aromatic rings. The Labute approximate surface area is 107 Å². The summed E-state index contributed by atoms with van der Waals surface area (Å²) in [4.78, 5) is 22.0. The largest absolute Gasteiger partial charge is 0.481 e. The van der Waals surface area contributed by atoms with Crippen LogP contribution in [0.5, 0.6) is 0 Å². The highest BCUT2D eigenvalue weighted by Crippen LogP contribution is 2.32. The van der Waals surface area contributed by atoms with Gasteiger partial charge in [-0.3, -0.25) is 4.79 Å². The van der Waals surface area contributed by atoms with Crippen LogP contribution in [0.15, 0.2) is 12.3 Å². The number of aliphatic carboxylic acids is 1. The van der Waals surface area contributed by atoms with Crippen LogP contribution in [0.1, 0.15) is 32.5 Å². The van der Waals surface area contributed by atoms with Gasteiger partial charge in [-0.25, -0.2) is 9.97 Å². The summed E-state index contributed by atoms with van der Waals surface area (Å²) in [6, 6.07) is 1.89. The van der Waals surface area contributed by atoms with Crippen LogP contribution >= 0.6 is 0 Å². The van der Waals surface area contributed by atoms with Gasteiger partial charge in [0, 0.05) is 25.7 Å². The second-order valence-corrected chi connectivity index (χ2v) is 5.04. The maximum Gasteiger partial charge on any atom is 0.309 e. The van der Waals surface area contributed by atoms with E-state index in [9.17, 15) is 9.90 Å². The summed E-state index contributed by atoms with van der Waals surface area (Å²) in [7, 11) is 0. The predicted octanol–water partition coefficient (Wildman–Crippen LogP) is 1.73. The van der Waals surface area contributed by atoms with E-state index < -0.39 is 11.4 Å². The number of carbonyl (C=O) groups is 1. The lowest BCUT2D eigenvalue weighted by atomic mass is 9.80. The number of hydrogen-bond acceptors (Lipinski definition) is 4. The first-order valence-corrected chi connectivity index (χ1v) is 6.35. The van der Waals surface area contributed by atoms with E-state index in [0.717, 1.165) is 31.2 Å². The Balaban J connectivity index is 2.07. The van der Waals surface area contributed by atoms with Crippen LogP contribution in [0, 0.1) is 5.41 Å². The van der Waals surface area contributed by atoms with Crippen molar-refractivity contribution in [2.75, 3.05) is 18.0 Å². The van der Waals surface area contributed by atoms with E-state index in [1.807, 2.05) is 19.9 Å². The first-order chi connectivity index (χ1) is 8.55. The van der Waals surface area contributed by atoms with E-state index in [4.69, 9.17) is 0 Å². The van der Waals surface area contributed by atoms with Crippen molar-refractivity contribution in [1.82, 2.24) is 9.97 Å². The summed E-state index contributed by atoms with van der Waals surface area (Å²) in [6.45, 7) is 5.33. The van der Waals surface area contributed by atoms with E-state index >= 15 is 0 Å². The number of aromatic nitrogens is 2. The lowest BCUT2D eigenvalue weighted by molar-refractivity contribution is -0.149. The smallest absolute Gasteiger partial charge is 0.309 e. The zero-order valence-electron chi connectivity index (χ0n) is 10.9. The second-order valence-electron chi connectivity index (χ2n) is 5.04. The van der Waals surface area contributed by atoms with Gasteiger partial charge in [0.1, 0.15) is 11.6 Å². The number of piperidine rings is 1. The van der Waals surface area contributed by atoms with Gasteiger partial charge < -0.3 is 10.0 Å². The van der Waals surface area contributed by atoms with E-state index in [0.29, 0.717) is 12.8 Å². The zero-order chi connectivity index (χ0) is 13.2. The third-order valence-corrected chi connectivity index (χ3v) is 3.71. The fourth-order valence-corrected chi connectivity index (χ4v) is 2.18. The molecule has 2 rings (SSSR count). The number of anilines is 1. The van der Waals surface area contributed by atoms with Gasteiger partial charge >= 0.3 is 5.97 Å². The topological polar surface area (TPSA) is 66.3 Å². The molecule has 1 aromatic heterocycles. The van der Waals surface area contributed by atoms with Crippen molar-refractivity contribution in [2.45, 2.75) is 33.1 Å². The zero-order valence-corrected chi connectivity index (χ0v) is 10.9. The molecule has 0 spiro atoms. The minimum absolute atomic E-state index is 0.586. The van der Waals surface area contributed by atoms with Crippen molar-refractivity contribution < 1.29 is 9.90 Å². The molecule has 18 heavy (non-hydrogen) atoms. The molecular weight excluding hydrogens is 230 g/mol. The van der Waals surface area contributed by atoms with Crippen LogP contribution in [0.25, 0.3) is 0 Å². The van der Waals surface area contributed by atoms with Crippen LogP contribution in [-0.4, -0.2) is 34.1 Å². The average molecular weight is 249 g/mol. The molecule has 1 aliphatic rings. The fraction of sp³-hybridized carbons (Fsp3) is 0.615. The molecule has 1 N–H and O–H groups in total. The molecule has 0 unspecified atom stereocenters. The van der Waals surface area contributed by atoms with Gasteiger partial charge in [0.2, 0.25) is 0 Å². The maximum absolute atomic E-state index is 11.2. The molecule has 1 aliphatic heterocycles.